The van der Waals surface area contributed by atoms with E-state index in [0.29, 0.717) is 5.92 Å². The molecule has 1 aromatic heterocycles. The van der Waals surface area contributed by atoms with E-state index in [1.165, 1.54) is 19.3 Å². The van der Waals surface area contributed by atoms with Crippen LogP contribution in [0.1, 0.15) is 25.0 Å². The Bertz CT molecular complexity index is 338. The largest absolute Gasteiger partial charge is 0.370 e. The lowest BCUT2D eigenvalue weighted by molar-refractivity contribution is 0.414. The van der Waals surface area contributed by atoms with Gasteiger partial charge in [-0.25, -0.2) is 4.98 Å². The number of hydrogen-bond acceptors (Lipinski definition) is 3. The number of aromatic nitrogens is 1. The van der Waals surface area contributed by atoms with Crippen LogP contribution in [0.2, 0.25) is 0 Å². The topological polar surface area (TPSA) is 50.9 Å². The van der Waals surface area contributed by atoms with E-state index < -0.39 is 0 Å². The first-order chi connectivity index (χ1) is 7.79. The van der Waals surface area contributed by atoms with Crippen molar-refractivity contribution in [2.24, 2.45) is 17.6 Å². The van der Waals surface area contributed by atoms with Gasteiger partial charge in [0.2, 0.25) is 0 Å². The SMILES string of the molecule is Cc1cccc(NCC2CCCC2CN)n1. The van der Waals surface area contributed by atoms with Crippen molar-refractivity contribution in [3.8, 4) is 0 Å². The molecule has 2 unspecified atom stereocenters. The zero-order valence-corrected chi connectivity index (χ0v) is 9.95. The summed E-state index contributed by atoms with van der Waals surface area (Å²) < 4.78 is 0. The zero-order chi connectivity index (χ0) is 11.4. The van der Waals surface area contributed by atoms with Crippen LogP contribution >= 0.6 is 0 Å². The van der Waals surface area contributed by atoms with Crippen molar-refractivity contribution in [2.45, 2.75) is 26.2 Å². The molecule has 1 aromatic rings. The Morgan fingerprint density at radius 2 is 2.19 bits per heavy atom. The molecule has 0 spiro atoms. The van der Waals surface area contributed by atoms with Gasteiger partial charge in [-0.2, -0.15) is 0 Å². The third-order valence-electron chi connectivity index (χ3n) is 3.55. The number of nitrogens with zero attached hydrogens (tertiary/aromatic N) is 1. The second kappa shape index (κ2) is 5.30. The number of hydrogen-bond donors (Lipinski definition) is 2. The minimum atomic E-state index is 0.706. The van der Waals surface area contributed by atoms with E-state index in [-0.39, 0.29) is 0 Å². The van der Waals surface area contributed by atoms with Crippen LogP contribution in [0.25, 0.3) is 0 Å². The molecule has 0 amide bonds. The Morgan fingerprint density at radius 3 is 2.94 bits per heavy atom. The lowest BCUT2D eigenvalue weighted by atomic mass is 9.96. The van der Waals surface area contributed by atoms with Crippen LogP contribution in [0.4, 0.5) is 5.82 Å². The lowest BCUT2D eigenvalue weighted by Crippen LogP contribution is -2.24. The van der Waals surface area contributed by atoms with Gasteiger partial charge in [0.25, 0.3) is 0 Å². The average Bonchev–Trinajstić information content (AvgIpc) is 2.74. The summed E-state index contributed by atoms with van der Waals surface area (Å²) in [6.07, 6.45) is 3.93. The molecule has 3 nitrogen and oxygen atoms in total. The van der Waals surface area contributed by atoms with E-state index in [2.05, 4.69) is 10.3 Å². The highest BCUT2D eigenvalue weighted by Gasteiger charge is 2.25. The summed E-state index contributed by atoms with van der Waals surface area (Å²) in [5.41, 5.74) is 6.84. The molecular weight excluding hydrogens is 198 g/mol. The van der Waals surface area contributed by atoms with E-state index in [1.54, 1.807) is 0 Å². The van der Waals surface area contributed by atoms with Crippen LogP contribution in [-0.4, -0.2) is 18.1 Å². The summed E-state index contributed by atoms with van der Waals surface area (Å²) in [6.45, 7) is 3.86. The molecule has 2 rings (SSSR count). The van der Waals surface area contributed by atoms with E-state index in [0.717, 1.165) is 30.5 Å². The molecule has 3 heteroatoms. The Morgan fingerprint density at radius 1 is 1.38 bits per heavy atom. The molecule has 1 aliphatic carbocycles. The van der Waals surface area contributed by atoms with Crippen molar-refractivity contribution in [1.82, 2.24) is 4.98 Å². The van der Waals surface area contributed by atoms with Crippen LogP contribution in [0, 0.1) is 18.8 Å². The van der Waals surface area contributed by atoms with Gasteiger partial charge in [0, 0.05) is 12.2 Å². The summed E-state index contributed by atoms with van der Waals surface area (Å²) in [6, 6.07) is 6.09. The summed E-state index contributed by atoms with van der Waals surface area (Å²) in [5, 5.41) is 3.43. The third kappa shape index (κ3) is 2.73. The second-order valence-electron chi connectivity index (χ2n) is 4.73. The maximum absolute atomic E-state index is 5.77. The predicted molar refractivity (Wildman–Crippen MR) is 67.3 cm³/mol. The Balaban J connectivity index is 1.87. The van der Waals surface area contributed by atoms with E-state index in [1.807, 2.05) is 25.1 Å². The van der Waals surface area contributed by atoms with Crippen molar-refractivity contribution in [3.63, 3.8) is 0 Å². The molecule has 3 N–H and O–H groups in total. The molecule has 2 atom stereocenters. The molecule has 1 aliphatic rings. The standard InChI is InChI=1S/C13H21N3/c1-10-4-2-7-13(16-10)15-9-12-6-3-5-11(12)8-14/h2,4,7,11-12H,3,5-6,8-9,14H2,1H3,(H,15,16). The predicted octanol–water partition coefficient (Wildman–Crippen LogP) is 2.18. The highest BCUT2D eigenvalue weighted by Crippen LogP contribution is 2.30. The normalized spacial score (nSPS) is 24.6. The number of nitrogens with one attached hydrogen (secondary N) is 1. The minimum Gasteiger partial charge on any atom is -0.370 e. The number of rotatable bonds is 4. The van der Waals surface area contributed by atoms with Crippen LogP contribution < -0.4 is 11.1 Å². The van der Waals surface area contributed by atoms with Gasteiger partial charge in [-0.3, -0.25) is 0 Å². The van der Waals surface area contributed by atoms with Gasteiger partial charge >= 0.3 is 0 Å². The third-order valence-corrected chi connectivity index (χ3v) is 3.55. The summed E-state index contributed by atoms with van der Waals surface area (Å²) in [7, 11) is 0. The van der Waals surface area contributed by atoms with Crippen molar-refractivity contribution >= 4 is 5.82 Å². The van der Waals surface area contributed by atoms with Gasteiger partial charge in [0.15, 0.2) is 0 Å². The van der Waals surface area contributed by atoms with Crippen LogP contribution in [0.15, 0.2) is 18.2 Å². The van der Waals surface area contributed by atoms with Gasteiger partial charge in [0.05, 0.1) is 0 Å². The zero-order valence-electron chi connectivity index (χ0n) is 9.95. The Labute approximate surface area is 97.5 Å². The van der Waals surface area contributed by atoms with Crippen LogP contribution in [-0.2, 0) is 0 Å². The summed E-state index contributed by atoms with van der Waals surface area (Å²) in [5.74, 6) is 2.42. The number of anilines is 1. The van der Waals surface area contributed by atoms with E-state index in [4.69, 9.17) is 5.73 Å². The molecule has 0 aromatic carbocycles. The molecule has 16 heavy (non-hydrogen) atoms. The van der Waals surface area contributed by atoms with E-state index in [9.17, 15) is 0 Å². The maximum atomic E-state index is 5.77. The fourth-order valence-corrected chi connectivity index (χ4v) is 2.57. The fraction of sp³-hybridized carbons (Fsp3) is 0.615. The minimum absolute atomic E-state index is 0.706. The van der Waals surface area contributed by atoms with Gasteiger partial charge < -0.3 is 11.1 Å². The van der Waals surface area contributed by atoms with Gasteiger partial charge in [-0.05, 0) is 50.3 Å². The highest BCUT2D eigenvalue weighted by atomic mass is 15.0. The quantitative estimate of drug-likeness (QED) is 0.816. The molecular formula is C13H21N3. The van der Waals surface area contributed by atoms with Crippen LogP contribution in [0.5, 0.6) is 0 Å². The molecule has 0 aliphatic heterocycles. The van der Waals surface area contributed by atoms with Crippen molar-refractivity contribution in [1.29, 1.82) is 0 Å². The van der Waals surface area contributed by atoms with Gasteiger partial charge in [-0.15, -0.1) is 0 Å². The second-order valence-corrected chi connectivity index (χ2v) is 4.73. The number of aryl methyl sites for hydroxylation is 1. The monoisotopic (exact) mass is 219 g/mol. The fourth-order valence-electron chi connectivity index (χ4n) is 2.57. The molecule has 1 fully saturated rings. The molecule has 0 bridgehead atoms. The smallest absolute Gasteiger partial charge is 0.126 e. The number of nitrogens with two attached hydrogens (primary N) is 1. The first-order valence-corrected chi connectivity index (χ1v) is 6.17. The van der Waals surface area contributed by atoms with Crippen LogP contribution in [0.3, 0.4) is 0 Å². The van der Waals surface area contributed by atoms with Crippen molar-refractivity contribution < 1.29 is 0 Å². The van der Waals surface area contributed by atoms with E-state index >= 15 is 0 Å². The molecule has 0 saturated heterocycles. The molecule has 0 radical (unpaired) electrons. The van der Waals surface area contributed by atoms with Gasteiger partial charge in [-0.1, -0.05) is 12.5 Å². The molecule has 88 valence electrons. The number of pyridine rings is 1. The lowest BCUT2D eigenvalue weighted by Gasteiger charge is -2.18. The molecule has 1 saturated carbocycles. The van der Waals surface area contributed by atoms with Gasteiger partial charge in [0.1, 0.15) is 5.82 Å². The Kier molecular flexibility index (Phi) is 3.78. The Hall–Kier alpha value is -1.09. The first-order valence-electron chi connectivity index (χ1n) is 6.17. The average molecular weight is 219 g/mol. The summed E-state index contributed by atoms with van der Waals surface area (Å²) in [4.78, 5) is 4.44. The highest BCUT2D eigenvalue weighted by molar-refractivity contribution is 5.35. The maximum Gasteiger partial charge on any atom is 0.126 e. The first kappa shape index (κ1) is 11.4. The molecule has 1 heterocycles. The van der Waals surface area contributed by atoms with Crippen molar-refractivity contribution in [2.75, 3.05) is 18.4 Å². The summed E-state index contributed by atoms with van der Waals surface area (Å²) >= 11 is 0. The van der Waals surface area contributed by atoms with Crippen molar-refractivity contribution in [3.05, 3.63) is 23.9 Å².